The lowest BCUT2D eigenvalue weighted by Gasteiger charge is -2.53. The number of nitrogens with zero attached hydrogens (tertiary/aromatic N) is 2. The van der Waals surface area contributed by atoms with Crippen molar-refractivity contribution in [3.63, 3.8) is 0 Å². The second kappa shape index (κ2) is 37.2. The fraction of sp³-hybridized carbons (Fsp3) is 0.455. The van der Waals surface area contributed by atoms with Crippen LogP contribution in [0.4, 0.5) is 9.59 Å². The number of aliphatic hydroxyl groups is 29. The van der Waals surface area contributed by atoms with Crippen LogP contribution >= 0.6 is 0 Å². The van der Waals surface area contributed by atoms with Gasteiger partial charge in [0.2, 0.25) is 81.7 Å². The Morgan fingerprint density at radius 2 is 1.01 bits per heavy atom. The molecule has 3 heterocycles. The minimum Gasteiger partial charge on any atom is -0.504 e. The zero-order valence-electron chi connectivity index (χ0n) is 69.7. The summed E-state index contributed by atoms with van der Waals surface area (Å²) in [5.74, 6) is -97.4. The molecular weight excluding hydrogens is 1840 g/mol. The molecule has 0 aromatic heterocycles. The van der Waals surface area contributed by atoms with E-state index in [0.717, 1.165) is 31.3 Å². The van der Waals surface area contributed by atoms with Crippen LogP contribution in [0.5, 0.6) is 92.0 Å². The number of nitrogens with one attached hydrogen (secondary N) is 4. The molecule has 0 spiro atoms. The van der Waals surface area contributed by atoms with Gasteiger partial charge in [-0.25, -0.2) is 9.59 Å². The van der Waals surface area contributed by atoms with Crippen molar-refractivity contribution in [2.75, 3.05) is 13.1 Å². The van der Waals surface area contributed by atoms with Crippen molar-refractivity contribution in [2.24, 2.45) is 11.8 Å². The number of epoxide rings is 1. The highest BCUT2D eigenvalue weighted by Crippen LogP contribution is 2.60. The second-order valence-electron chi connectivity index (χ2n) is 32.2. The molecule has 3 fully saturated rings. The van der Waals surface area contributed by atoms with Crippen molar-refractivity contribution in [3.8, 4) is 92.0 Å². The van der Waals surface area contributed by atoms with Gasteiger partial charge in [-0.15, -0.1) is 0 Å². The quantitative estimate of drug-likeness (QED) is 0.00737. The monoisotopic (exact) mass is 1940 g/mol. The topological polar surface area (TPSA) is 1040 Å². The number of benzene rings is 6. The molecule has 3 aliphatic heterocycles. The summed E-state index contributed by atoms with van der Waals surface area (Å²) in [6, 6.07) is 3.50. The van der Waals surface area contributed by atoms with E-state index in [1.54, 1.807) is 12.1 Å². The summed E-state index contributed by atoms with van der Waals surface area (Å²) in [5.41, 5.74) is -17.3. The Kier molecular flexibility index (Phi) is 29.4. The first-order valence-electron chi connectivity index (χ1n) is 38.9. The fourth-order valence-corrected chi connectivity index (χ4v) is 14.9. The Morgan fingerprint density at radius 1 is 0.533 bits per heavy atom. The molecule has 0 saturated carbocycles. The predicted molar refractivity (Wildman–Crippen MR) is 419 cm³/mol. The van der Waals surface area contributed by atoms with Gasteiger partial charge in [0.1, 0.15) is 39.8 Å². The summed E-state index contributed by atoms with van der Waals surface area (Å²) in [6.45, 7) is 4.01. The van der Waals surface area contributed by atoms with Crippen molar-refractivity contribution in [1.29, 1.82) is 0 Å². The van der Waals surface area contributed by atoms with Crippen LogP contribution in [0.25, 0.3) is 0 Å². The van der Waals surface area contributed by atoms with Crippen LogP contribution in [0.1, 0.15) is 90.5 Å². The van der Waals surface area contributed by atoms with E-state index in [2.05, 4.69) is 10.6 Å². The number of phenolic OH excluding ortho intramolecular Hbond substituents is 12. The van der Waals surface area contributed by atoms with Gasteiger partial charge in [-0.3, -0.25) is 34.3 Å². The number of aryl methyl sites for hydroxylation is 2. The first kappa shape index (κ1) is 107. The number of hydrogen-bond acceptors (Lipinski definition) is 52. The molecule has 6 aromatic carbocycles. The summed E-state index contributed by atoms with van der Waals surface area (Å²) < 4.78 is 26.3. The van der Waals surface area contributed by atoms with Crippen LogP contribution in [-0.2, 0) is 65.0 Å². The number of ether oxygens (including phenoxy) is 5. The van der Waals surface area contributed by atoms with Gasteiger partial charge >= 0.3 is 65.5 Å². The molecule has 135 heavy (non-hydrogen) atoms. The lowest BCUT2D eigenvalue weighted by Crippen LogP contribution is -2.86. The van der Waals surface area contributed by atoms with Crippen LogP contribution in [0, 0.1) is 25.7 Å². The van der Waals surface area contributed by atoms with E-state index in [0.29, 0.717) is 33.7 Å². The molecule has 9 atom stereocenters. The number of aromatic hydroxyl groups is 12. The van der Waals surface area contributed by atoms with Crippen LogP contribution < -0.4 is 35.5 Å². The average Bonchev–Trinajstić information content (AvgIpc) is 1.63. The molecule has 58 nitrogen and oxygen atoms in total. The van der Waals surface area contributed by atoms with Crippen molar-refractivity contribution in [1.82, 2.24) is 31.1 Å². The van der Waals surface area contributed by atoms with E-state index in [1.807, 2.05) is 0 Å². The second-order valence-corrected chi connectivity index (χ2v) is 32.2. The number of hydrogen-bond donors (Lipinski definition) is 45. The molecule has 6 aromatic rings. The third-order valence-corrected chi connectivity index (χ3v) is 22.1. The molecule has 9 rings (SSSR count). The van der Waals surface area contributed by atoms with Crippen molar-refractivity contribution >= 4 is 35.4 Å². The van der Waals surface area contributed by atoms with E-state index in [1.165, 1.54) is 55.6 Å². The zero-order valence-corrected chi connectivity index (χ0v) is 69.7. The van der Waals surface area contributed by atoms with Gasteiger partial charge < -0.3 is 249 Å². The molecule has 45 N–H and O–H groups in total. The molecular formula is C77H96N6O52. The van der Waals surface area contributed by atoms with Gasteiger partial charge in [0.25, 0.3) is 11.6 Å². The number of amides is 6. The first-order valence-corrected chi connectivity index (χ1v) is 38.9. The highest BCUT2D eigenvalue weighted by Gasteiger charge is 2.75. The maximum absolute atomic E-state index is 15.1. The summed E-state index contributed by atoms with van der Waals surface area (Å²) in [7, 11) is 0. The van der Waals surface area contributed by atoms with Gasteiger partial charge in [-0.2, -0.15) is 0 Å². The number of phenols is 12. The van der Waals surface area contributed by atoms with Gasteiger partial charge in [0.15, 0.2) is 45.8 Å². The summed E-state index contributed by atoms with van der Waals surface area (Å²) in [4.78, 5) is 85.7. The average molecular weight is 1940 g/mol. The highest BCUT2D eigenvalue weighted by atomic mass is 16.8. The Labute approximate surface area is 751 Å². The number of ketones is 2. The van der Waals surface area contributed by atoms with E-state index in [4.69, 9.17) is 23.7 Å². The number of carbonyl (C=O) groups is 6. The van der Waals surface area contributed by atoms with Gasteiger partial charge in [0.05, 0.1) is 24.7 Å². The molecule has 6 amide bonds. The van der Waals surface area contributed by atoms with Crippen LogP contribution in [0.2, 0.25) is 0 Å². The molecule has 0 aliphatic carbocycles. The van der Waals surface area contributed by atoms with Gasteiger partial charge in [-0.05, 0) is 85.8 Å². The smallest absolute Gasteiger partial charge is 0.386 e. The molecule has 0 radical (unpaired) electrons. The normalized spacial score (nSPS) is 19.1. The van der Waals surface area contributed by atoms with Crippen molar-refractivity contribution < 1.29 is 262 Å². The maximum atomic E-state index is 15.1. The fourth-order valence-electron chi connectivity index (χ4n) is 14.9. The van der Waals surface area contributed by atoms with E-state index >= 15 is 4.79 Å². The predicted octanol–water partition coefficient (Wildman–Crippen LogP) is -13.2. The number of aliphatic hydroxyl groups excluding tert-OH is 2. The third-order valence-electron chi connectivity index (χ3n) is 22.1. The molecule has 746 valence electrons. The van der Waals surface area contributed by atoms with Crippen LogP contribution in [0.3, 0.4) is 0 Å². The van der Waals surface area contributed by atoms with E-state index < -0.39 is 318 Å². The summed E-state index contributed by atoms with van der Waals surface area (Å²) >= 11 is 0. The molecule has 3 saturated heterocycles. The number of Topliss-reactive ketones (excluding diaryl/α,β-unsaturated/α-hetero) is 2. The lowest BCUT2D eigenvalue weighted by atomic mass is 9.74. The van der Waals surface area contributed by atoms with Crippen molar-refractivity contribution in [3.05, 3.63) is 117 Å². The summed E-state index contributed by atoms with van der Waals surface area (Å²) in [5, 5.41) is 459. The number of para-hydroxylation sites is 1. The standard InChI is InChI=1S/C77H96N6O52/c1-26(2)43(83-64(103)81-76(127,128)75(125,126)77(83,129)130)59(100)80-35(67(105,106)39-44(88)49(93)53(97)50(94)45(39)89)24-36(85)65(104,68(107,108)40-46(90)51(95)54(98)52(96)47(40)91)25-38(87)74(123,124)134-57-41(69(109,110)111)48(92)55(99)58(42(57)70(112,113)114)131-33-16-14-30(15-17-33)21-32(79-61(101)66(82-19-9-18-78-63(82)102)62(135-66)132-60(71(115,116)117)72(118,119)120)23-34(84)31(20-29-12-6-5-7-13-29)22-37(86)73(121,122)133-56-27(3)10-8-11-28(56)4/h5-8,10-17,26,31-32,34-36,43,60,62,84-85,88-99,104-130H,9,18-25H2,1-4H3,(H,78,102)(H,79,101)(H,80,100)(H,81,103). The zero-order chi connectivity index (χ0) is 102. The Bertz CT molecular complexity index is 5380. The largest absolute Gasteiger partial charge is 0.504 e. The highest BCUT2D eigenvalue weighted by molar-refractivity contribution is 5.93. The minimum atomic E-state index is -5.56. The summed E-state index contributed by atoms with van der Waals surface area (Å²) in [6.07, 6.45) is -20.7. The lowest BCUT2D eigenvalue weighted by molar-refractivity contribution is -0.496. The minimum absolute atomic E-state index is 0.0247. The molecule has 9 unspecified atom stereocenters. The number of rotatable bonds is 39. The Morgan fingerprint density at radius 3 is 1.50 bits per heavy atom. The van der Waals surface area contributed by atoms with Crippen LogP contribution in [-0.4, -0.2) is 363 Å². The third kappa shape index (κ3) is 20.4. The number of urea groups is 2. The Hall–Kier alpha value is -12.1. The molecule has 3 aliphatic rings. The van der Waals surface area contributed by atoms with Crippen molar-refractivity contribution in [2.45, 2.75) is 192 Å². The maximum Gasteiger partial charge on any atom is 0.386 e. The van der Waals surface area contributed by atoms with Gasteiger partial charge in [0, 0.05) is 32.0 Å². The SMILES string of the molecule is Cc1cccc(C)c1OC(O)(O)C(=O)CC(Cc1ccccc1)C(O)CC(Cc1ccc(Oc2c(O)c(O)c(C(O)(O)O)c(OC(O)(O)C(=O)CC(O)(C(O)CC(NC(=O)C(C(C)C)N3C(=O)NC(O)(O)C(O)(O)C3(O)O)C(O)(O)c3c(O)c(O)c(O)c(O)c3O)C(O)(O)c3c(O)c(O)c(O)c(O)c3O)c2C(O)(O)O)cc1)NC(=O)C1(N2CCCNC2=O)OC1OC(C(O)(O)O)C(O)(O)O. The van der Waals surface area contributed by atoms with E-state index in [-0.39, 0.29) is 30.7 Å². The van der Waals surface area contributed by atoms with Gasteiger partial charge in [-0.1, -0.05) is 74.5 Å². The molecule has 58 heteroatoms. The number of carbonyl (C=O) groups excluding carboxylic acids is 6. The first-order chi connectivity index (χ1) is 61.6. The van der Waals surface area contributed by atoms with E-state index in [9.17, 15) is 233 Å². The molecule has 0 bridgehead atoms. The Balaban J connectivity index is 1.15. The van der Waals surface area contributed by atoms with Crippen LogP contribution in [0.15, 0.2) is 72.8 Å².